The summed E-state index contributed by atoms with van der Waals surface area (Å²) in [7, 11) is 0. The molecule has 0 fully saturated rings. The first-order valence-corrected chi connectivity index (χ1v) is 9.50. The minimum Gasteiger partial charge on any atom is -0.492 e. The average Bonchev–Trinajstić information content (AvgIpc) is 2.66. The van der Waals surface area contributed by atoms with Crippen LogP contribution in [0.25, 0.3) is 0 Å². The molecule has 2 N–H and O–H groups in total. The third kappa shape index (κ3) is 8.41. The van der Waals surface area contributed by atoms with Gasteiger partial charge in [-0.05, 0) is 48.9 Å². The van der Waals surface area contributed by atoms with Crippen molar-refractivity contribution < 1.29 is 23.9 Å². The average molecular weight is 439 g/mol. The van der Waals surface area contributed by atoms with Crippen molar-refractivity contribution in [3.8, 4) is 5.75 Å². The van der Waals surface area contributed by atoms with E-state index in [2.05, 4.69) is 10.6 Å². The highest BCUT2D eigenvalue weighted by molar-refractivity contribution is 6.35. The Labute approximate surface area is 178 Å². The molecule has 7 nitrogen and oxygen atoms in total. The highest BCUT2D eigenvalue weighted by Crippen LogP contribution is 2.27. The van der Waals surface area contributed by atoms with Crippen molar-refractivity contribution in [3.05, 3.63) is 52.5 Å². The molecule has 29 heavy (non-hydrogen) atoms. The van der Waals surface area contributed by atoms with Crippen molar-refractivity contribution in [1.82, 2.24) is 0 Å². The van der Waals surface area contributed by atoms with Gasteiger partial charge < -0.3 is 20.1 Å². The number of halogens is 2. The first kappa shape index (κ1) is 22.5. The third-order valence-corrected chi connectivity index (χ3v) is 4.06. The molecule has 2 amide bonds. The van der Waals surface area contributed by atoms with Crippen LogP contribution in [0, 0.1) is 0 Å². The van der Waals surface area contributed by atoms with Gasteiger partial charge in [0.15, 0.2) is 6.61 Å². The summed E-state index contributed by atoms with van der Waals surface area (Å²) in [6, 6.07) is 11.4. The molecule has 154 valence electrons. The number of ether oxygens (including phenoxy) is 2. The summed E-state index contributed by atoms with van der Waals surface area (Å²) in [6.07, 6.45) is 0.508. The molecule has 0 saturated carbocycles. The molecular formula is C20H20Cl2N2O5. The highest BCUT2D eigenvalue weighted by Gasteiger charge is 2.09. The Morgan fingerprint density at radius 2 is 1.62 bits per heavy atom. The lowest BCUT2D eigenvalue weighted by molar-refractivity contribution is -0.147. The fraction of sp³-hybridized carbons (Fsp3) is 0.250. The second-order valence-electron chi connectivity index (χ2n) is 5.99. The van der Waals surface area contributed by atoms with Crippen molar-refractivity contribution >= 4 is 52.4 Å². The van der Waals surface area contributed by atoms with E-state index in [-0.39, 0.29) is 18.9 Å². The van der Waals surface area contributed by atoms with Gasteiger partial charge in [-0.25, -0.2) is 0 Å². The Morgan fingerprint density at radius 1 is 0.966 bits per heavy atom. The van der Waals surface area contributed by atoms with Crippen LogP contribution in [0.3, 0.4) is 0 Å². The molecule has 0 heterocycles. The van der Waals surface area contributed by atoms with Crippen molar-refractivity contribution in [2.75, 3.05) is 23.8 Å². The van der Waals surface area contributed by atoms with E-state index in [9.17, 15) is 14.4 Å². The molecule has 0 unspecified atom stereocenters. The molecule has 0 saturated heterocycles. The van der Waals surface area contributed by atoms with Crippen LogP contribution in [0.1, 0.15) is 19.8 Å². The molecule has 0 aliphatic rings. The van der Waals surface area contributed by atoms with Crippen LogP contribution >= 0.6 is 23.2 Å². The van der Waals surface area contributed by atoms with Crippen LogP contribution < -0.4 is 15.4 Å². The molecular weight excluding hydrogens is 419 g/mol. The standard InChI is InChI=1S/C20H20Cl2N2O5/c1-13(25)23-15-5-7-16(8-6-15)24-19(26)12-29-20(27)3-2-10-28-18-9-4-14(21)11-17(18)22/h4-9,11H,2-3,10,12H2,1H3,(H,23,25)(H,24,26). The van der Waals surface area contributed by atoms with Gasteiger partial charge in [-0.2, -0.15) is 0 Å². The lowest BCUT2D eigenvalue weighted by atomic mass is 10.2. The van der Waals surface area contributed by atoms with Gasteiger partial charge in [-0.1, -0.05) is 23.2 Å². The largest absolute Gasteiger partial charge is 0.492 e. The summed E-state index contributed by atoms with van der Waals surface area (Å²) >= 11 is 11.8. The van der Waals surface area contributed by atoms with Gasteiger partial charge in [0.2, 0.25) is 5.91 Å². The topological polar surface area (TPSA) is 93.7 Å². The molecule has 0 aliphatic carbocycles. The van der Waals surface area contributed by atoms with E-state index in [0.29, 0.717) is 33.6 Å². The number of carbonyl (C=O) groups excluding carboxylic acids is 3. The Morgan fingerprint density at radius 3 is 2.24 bits per heavy atom. The number of hydrogen-bond donors (Lipinski definition) is 2. The quantitative estimate of drug-likeness (QED) is 0.449. The SMILES string of the molecule is CC(=O)Nc1ccc(NC(=O)COC(=O)CCCOc2ccc(Cl)cc2Cl)cc1. The van der Waals surface area contributed by atoms with Gasteiger partial charge in [0.05, 0.1) is 11.6 Å². The zero-order valence-corrected chi connectivity index (χ0v) is 17.2. The number of carbonyl (C=O) groups is 3. The van der Waals surface area contributed by atoms with E-state index >= 15 is 0 Å². The van der Waals surface area contributed by atoms with Gasteiger partial charge in [-0.3, -0.25) is 14.4 Å². The fourth-order valence-electron chi connectivity index (χ4n) is 2.25. The number of benzene rings is 2. The van der Waals surface area contributed by atoms with Crippen LogP contribution in [0.15, 0.2) is 42.5 Å². The lowest BCUT2D eigenvalue weighted by Gasteiger charge is -2.09. The van der Waals surface area contributed by atoms with Crippen LogP contribution in [-0.2, 0) is 19.1 Å². The molecule has 2 rings (SSSR count). The maximum Gasteiger partial charge on any atom is 0.306 e. The monoisotopic (exact) mass is 438 g/mol. The molecule has 0 atom stereocenters. The summed E-state index contributed by atoms with van der Waals surface area (Å²) in [5.74, 6) is -0.675. The van der Waals surface area contributed by atoms with E-state index in [4.69, 9.17) is 32.7 Å². The molecule has 0 spiro atoms. The summed E-state index contributed by atoms with van der Waals surface area (Å²) in [5, 5.41) is 6.12. The Bertz CT molecular complexity index is 872. The first-order valence-electron chi connectivity index (χ1n) is 8.74. The van der Waals surface area contributed by atoms with E-state index < -0.39 is 18.5 Å². The summed E-state index contributed by atoms with van der Waals surface area (Å²) in [4.78, 5) is 34.6. The molecule has 2 aromatic rings. The fourth-order valence-corrected chi connectivity index (χ4v) is 2.71. The molecule has 2 aromatic carbocycles. The van der Waals surface area contributed by atoms with Crippen molar-refractivity contribution in [3.63, 3.8) is 0 Å². The number of nitrogens with one attached hydrogen (secondary N) is 2. The zero-order valence-electron chi connectivity index (χ0n) is 15.7. The van der Waals surface area contributed by atoms with Crippen molar-refractivity contribution in [2.24, 2.45) is 0 Å². The number of amides is 2. The number of rotatable bonds is 9. The molecule has 0 bridgehead atoms. The summed E-state index contributed by atoms with van der Waals surface area (Å²) in [6.45, 7) is 1.28. The van der Waals surface area contributed by atoms with Gasteiger partial charge >= 0.3 is 5.97 Å². The molecule has 9 heteroatoms. The molecule has 0 radical (unpaired) electrons. The van der Waals surface area contributed by atoms with Crippen molar-refractivity contribution in [1.29, 1.82) is 0 Å². The van der Waals surface area contributed by atoms with Crippen LogP contribution in [0.5, 0.6) is 5.75 Å². The second kappa shape index (κ2) is 11.3. The summed E-state index contributed by atoms with van der Waals surface area (Å²) < 4.78 is 10.4. The minimum absolute atomic E-state index is 0.101. The van der Waals surface area contributed by atoms with Crippen LogP contribution in [-0.4, -0.2) is 31.0 Å². The summed E-state index contributed by atoms with van der Waals surface area (Å²) in [5.41, 5.74) is 1.14. The van der Waals surface area contributed by atoms with E-state index in [1.165, 1.54) is 6.92 Å². The van der Waals surface area contributed by atoms with E-state index in [0.717, 1.165) is 0 Å². The number of anilines is 2. The van der Waals surface area contributed by atoms with Gasteiger partial charge in [0.25, 0.3) is 5.91 Å². The number of esters is 1. The van der Waals surface area contributed by atoms with Crippen molar-refractivity contribution in [2.45, 2.75) is 19.8 Å². The normalized spacial score (nSPS) is 10.2. The predicted molar refractivity (Wildman–Crippen MR) is 112 cm³/mol. The lowest BCUT2D eigenvalue weighted by Crippen LogP contribution is -2.21. The van der Waals surface area contributed by atoms with E-state index in [1.54, 1.807) is 42.5 Å². The van der Waals surface area contributed by atoms with Gasteiger partial charge in [-0.15, -0.1) is 0 Å². The van der Waals surface area contributed by atoms with Gasteiger partial charge in [0.1, 0.15) is 5.75 Å². The smallest absolute Gasteiger partial charge is 0.306 e. The Kier molecular flexibility index (Phi) is 8.76. The van der Waals surface area contributed by atoms with Gasteiger partial charge in [0, 0.05) is 29.7 Å². The second-order valence-corrected chi connectivity index (χ2v) is 6.84. The Hall–Kier alpha value is -2.77. The highest BCUT2D eigenvalue weighted by atomic mass is 35.5. The van der Waals surface area contributed by atoms with Crippen LogP contribution in [0.4, 0.5) is 11.4 Å². The zero-order chi connectivity index (χ0) is 21.2. The maximum absolute atomic E-state index is 11.9. The predicted octanol–water partition coefficient (Wildman–Crippen LogP) is 4.29. The minimum atomic E-state index is -0.507. The number of hydrogen-bond acceptors (Lipinski definition) is 5. The maximum atomic E-state index is 11.9. The third-order valence-electron chi connectivity index (χ3n) is 3.53. The van der Waals surface area contributed by atoms with E-state index in [1.807, 2.05) is 0 Å². The Balaban J connectivity index is 1.64. The first-order chi connectivity index (χ1) is 13.8. The van der Waals surface area contributed by atoms with Crippen LogP contribution in [0.2, 0.25) is 10.0 Å². The molecule has 0 aromatic heterocycles. The molecule has 0 aliphatic heterocycles.